The summed E-state index contributed by atoms with van der Waals surface area (Å²) in [5.41, 5.74) is 0.551. The smallest absolute Gasteiger partial charge is 0.410 e. The molecule has 1 aliphatic rings. The highest BCUT2D eigenvalue weighted by atomic mass is 19.4. The monoisotopic (exact) mass is 390 g/mol. The Hall–Kier alpha value is -3.23. The second-order valence-electron chi connectivity index (χ2n) is 6.56. The van der Waals surface area contributed by atoms with Crippen LogP contribution in [-0.2, 0) is 0 Å². The first-order valence-corrected chi connectivity index (χ1v) is 8.64. The molecule has 2 aromatic heterocycles. The van der Waals surface area contributed by atoms with Crippen molar-refractivity contribution in [3.8, 4) is 0 Å². The molecular weight excluding hydrogens is 373 g/mol. The van der Waals surface area contributed by atoms with Crippen molar-refractivity contribution in [2.24, 2.45) is 0 Å². The summed E-state index contributed by atoms with van der Waals surface area (Å²) in [6, 6.07) is 10.9. The minimum Gasteiger partial charge on any atom is -0.467 e. The van der Waals surface area contributed by atoms with Crippen LogP contribution in [0.4, 0.5) is 24.7 Å². The highest BCUT2D eigenvalue weighted by Gasteiger charge is 2.47. The molecule has 3 heterocycles. The van der Waals surface area contributed by atoms with E-state index in [0.29, 0.717) is 11.4 Å². The fourth-order valence-corrected chi connectivity index (χ4v) is 3.29. The maximum atomic E-state index is 13.7. The van der Waals surface area contributed by atoms with Crippen LogP contribution in [0.25, 0.3) is 0 Å². The lowest BCUT2D eigenvalue weighted by Gasteiger charge is -2.32. The van der Waals surface area contributed by atoms with E-state index in [1.807, 2.05) is 6.07 Å². The van der Waals surface area contributed by atoms with Gasteiger partial charge in [0.25, 0.3) is 5.91 Å². The fraction of sp³-hybridized carbons (Fsp3) is 0.263. The van der Waals surface area contributed by atoms with E-state index in [4.69, 9.17) is 4.42 Å². The topological polar surface area (TPSA) is 63.3 Å². The van der Waals surface area contributed by atoms with Crippen LogP contribution >= 0.6 is 0 Å². The number of benzene rings is 1. The number of carbonyl (C=O) groups is 1. The van der Waals surface area contributed by atoms with E-state index >= 15 is 0 Å². The molecule has 6 nitrogen and oxygen atoms in total. The zero-order valence-corrected chi connectivity index (χ0v) is 14.8. The third-order valence-corrected chi connectivity index (χ3v) is 4.74. The molecule has 0 spiro atoms. The number of halogens is 3. The normalized spacial score (nSPS) is 19.0. The number of amides is 1. The second-order valence-corrected chi connectivity index (χ2v) is 6.56. The van der Waals surface area contributed by atoms with Crippen LogP contribution in [0.5, 0.6) is 0 Å². The maximum absolute atomic E-state index is 13.7. The van der Waals surface area contributed by atoms with E-state index in [1.54, 1.807) is 43.4 Å². The van der Waals surface area contributed by atoms with Gasteiger partial charge < -0.3 is 14.6 Å². The minimum absolute atomic E-state index is 0.0665. The zero-order chi connectivity index (χ0) is 19.9. The number of alkyl halides is 3. The summed E-state index contributed by atoms with van der Waals surface area (Å²) >= 11 is 0. The van der Waals surface area contributed by atoms with Crippen LogP contribution < -0.4 is 10.2 Å². The standard InChI is InChI=1S/C19H17F3N4O2/c1-25(12-6-3-2-4-7-12)18(27)14-11-17-23-13(15-8-5-9-28-15)10-16(19(20,21)22)26(17)24-14/h2-9,11,13,16,23H,10H2,1H3/t13-,16-/m1/s1. The molecule has 0 radical (unpaired) electrons. The molecular formula is C19H17F3N4O2. The number of para-hydroxylation sites is 1. The Kier molecular flexibility index (Phi) is 4.37. The lowest BCUT2D eigenvalue weighted by Crippen LogP contribution is -2.35. The van der Waals surface area contributed by atoms with Crippen molar-refractivity contribution in [1.29, 1.82) is 0 Å². The van der Waals surface area contributed by atoms with Gasteiger partial charge in [0.15, 0.2) is 11.7 Å². The van der Waals surface area contributed by atoms with Crippen LogP contribution in [-0.4, -0.2) is 28.9 Å². The minimum atomic E-state index is -4.51. The van der Waals surface area contributed by atoms with Crippen molar-refractivity contribution in [3.05, 3.63) is 66.2 Å². The second kappa shape index (κ2) is 6.74. The van der Waals surface area contributed by atoms with E-state index in [2.05, 4.69) is 10.4 Å². The highest BCUT2D eigenvalue weighted by molar-refractivity contribution is 6.04. The molecule has 2 atom stereocenters. The van der Waals surface area contributed by atoms with Crippen LogP contribution in [0.3, 0.4) is 0 Å². The van der Waals surface area contributed by atoms with Gasteiger partial charge in [0, 0.05) is 25.2 Å². The third-order valence-electron chi connectivity index (χ3n) is 4.74. The third kappa shape index (κ3) is 3.23. The predicted octanol–water partition coefficient (Wildman–Crippen LogP) is 4.41. The van der Waals surface area contributed by atoms with Gasteiger partial charge in [0.1, 0.15) is 11.6 Å². The maximum Gasteiger partial charge on any atom is 0.410 e. The first-order chi connectivity index (χ1) is 13.3. The number of fused-ring (bicyclic) bond motifs is 1. The quantitative estimate of drug-likeness (QED) is 0.720. The van der Waals surface area contributed by atoms with Gasteiger partial charge in [0.05, 0.1) is 12.3 Å². The number of furan rings is 1. The van der Waals surface area contributed by atoms with Gasteiger partial charge >= 0.3 is 6.18 Å². The van der Waals surface area contributed by atoms with Crippen LogP contribution in [0.15, 0.2) is 59.2 Å². The molecule has 0 bridgehead atoms. The lowest BCUT2D eigenvalue weighted by molar-refractivity contribution is -0.174. The number of aromatic nitrogens is 2. The summed E-state index contributed by atoms with van der Waals surface area (Å²) in [5.74, 6) is 0.0288. The molecule has 4 rings (SSSR count). The van der Waals surface area contributed by atoms with E-state index in [-0.39, 0.29) is 17.9 Å². The number of nitrogens with zero attached hydrogens (tertiary/aromatic N) is 3. The molecule has 0 fully saturated rings. The summed E-state index contributed by atoms with van der Waals surface area (Å²) in [7, 11) is 1.55. The molecule has 1 aromatic carbocycles. The molecule has 0 aliphatic carbocycles. The van der Waals surface area contributed by atoms with E-state index < -0.39 is 24.2 Å². The number of carbonyl (C=O) groups excluding carboxylic acids is 1. The summed E-state index contributed by atoms with van der Waals surface area (Å²) in [6.07, 6.45) is -3.39. The number of rotatable bonds is 3. The van der Waals surface area contributed by atoms with Gasteiger partial charge in [-0.15, -0.1) is 0 Å². The molecule has 146 valence electrons. The van der Waals surface area contributed by atoms with Gasteiger partial charge in [-0.3, -0.25) is 4.79 Å². The summed E-state index contributed by atoms with van der Waals surface area (Å²) < 4.78 is 47.1. The Morgan fingerprint density at radius 3 is 2.64 bits per heavy atom. The Morgan fingerprint density at radius 1 is 1.25 bits per heavy atom. The summed E-state index contributed by atoms with van der Waals surface area (Å²) in [4.78, 5) is 14.1. The van der Waals surface area contributed by atoms with Crippen molar-refractivity contribution in [3.63, 3.8) is 0 Å². The van der Waals surface area contributed by atoms with Crippen molar-refractivity contribution < 1.29 is 22.4 Å². The van der Waals surface area contributed by atoms with Gasteiger partial charge in [-0.1, -0.05) is 18.2 Å². The Labute approximate surface area is 158 Å². The number of hydrogen-bond acceptors (Lipinski definition) is 4. The van der Waals surface area contributed by atoms with Crippen LogP contribution in [0, 0.1) is 0 Å². The van der Waals surface area contributed by atoms with E-state index in [0.717, 1.165) is 4.68 Å². The lowest BCUT2D eigenvalue weighted by atomic mass is 10.0. The van der Waals surface area contributed by atoms with Gasteiger partial charge in [-0.05, 0) is 24.3 Å². The Balaban J connectivity index is 1.68. The predicted molar refractivity (Wildman–Crippen MR) is 96.2 cm³/mol. The van der Waals surface area contributed by atoms with Gasteiger partial charge in [0.2, 0.25) is 0 Å². The number of anilines is 2. The molecule has 1 N–H and O–H groups in total. The average Bonchev–Trinajstić information content (AvgIpc) is 3.35. The average molecular weight is 390 g/mol. The number of nitrogens with one attached hydrogen (secondary N) is 1. The molecule has 0 saturated carbocycles. The summed E-state index contributed by atoms with van der Waals surface area (Å²) in [5, 5.41) is 6.96. The van der Waals surface area contributed by atoms with E-state index in [1.165, 1.54) is 17.2 Å². The van der Waals surface area contributed by atoms with Crippen molar-refractivity contribution in [1.82, 2.24) is 9.78 Å². The zero-order valence-electron chi connectivity index (χ0n) is 14.8. The Morgan fingerprint density at radius 2 is 2.00 bits per heavy atom. The highest BCUT2D eigenvalue weighted by Crippen LogP contribution is 2.43. The first-order valence-electron chi connectivity index (χ1n) is 8.64. The van der Waals surface area contributed by atoms with Crippen LogP contribution in [0.1, 0.15) is 34.8 Å². The van der Waals surface area contributed by atoms with E-state index in [9.17, 15) is 18.0 Å². The van der Waals surface area contributed by atoms with Crippen molar-refractivity contribution in [2.75, 3.05) is 17.3 Å². The SMILES string of the molecule is CN(C(=O)c1cc2n(n1)[C@@H](C(F)(F)F)C[C@H](c1ccco1)N2)c1ccccc1. The number of hydrogen-bond donors (Lipinski definition) is 1. The van der Waals surface area contributed by atoms with Gasteiger partial charge in [-0.2, -0.15) is 18.3 Å². The molecule has 0 saturated heterocycles. The fourth-order valence-electron chi connectivity index (χ4n) is 3.29. The molecule has 1 amide bonds. The molecule has 0 unspecified atom stereocenters. The largest absolute Gasteiger partial charge is 0.467 e. The van der Waals surface area contributed by atoms with Crippen LogP contribution in [0.2, 0.25) is 0 Å². The molecule has 1 aliphatic heterocycles. The van der Waals surface area contributed by atoms with Crippen molar-refractivity contribution in [2.45, 2.75) is 24.7 Å². The molecule has 9 heteroatoms. The van der Waals surface area contributed by atoms with Crippen molar-refractivity contribution >= 4 is 17.4 Å². The Bertz CT molecular complexity index is 967. The molecule has 28 heavy (non-hydrogen) atoms. The molecule has 3 aromatic rings. The first kappa shape index (κ1) is 18.1. The summed E-state index contributed by atoms with van der Waals surface area (Å²) in [6.45, 7) is 0. The van der Waals surface area contributed by atoms with Gasteiger partial charge in [-0.25, -0.2) is 4.68 Å².